The van der Waals surface area contributed by atoms with Gasteiger partial charge in [-0.1, -0.05) is 18.2 Å². The molecule has 0 aliphatic carbocycles. The highest BCUT2D eigenvalue weighted by Crippen LogP contribution is 2.23. The summed E-state index contributed by atoms with van der Waals surface area (Å²) in [6.45, 7) is 4.88. The number of hydrogen-bond acceptors (Lipinski definition) is 5. The number of nitrogens with one attached hydrogen (secondary N) is 1. The molecular weight excluding hydrogens is 346 g/mol. The number of hydrogen-bond donors (Lipinski definition) is 1. The number of thioether (sulfide) groups is 1. The maximum Gasteiger partial charge on any atom is 0.239 e. The van der Waals surface area contributed by atoms with Gasteiger partial charge in [-0.15, -0.1) is 0 Å². The van der Waals surface area contributed by atoms with E-state index in [4.69, 9.17) is 4.74 Å². The molecule has 0 saturated carbocycles. The first-order chi connectivity index (χ1) is 12.8. The Labute approximate surface area is 160 Å². The molecule has 26 heavy (non-hydrogen) atoms. The summed E-state index contributed by atoms with van der Waals surface area (Å²) in [4.78, 5) is 17.3. The van der Waals surface area contributed by atoms with Crippen LogP contribution in [0.4, 0.5) is 0 Å². The summed E-state index contributed by atoms with van der Waals surface area (Å²) >= 11 is 1.95. The fourth-order valence-electron chi connectivity index (χ4n) is 4.24. The fraction of sp³-hybridized carbons (Fsp3) is 0.650. The predicted molar refractivity (Wildman–Crippen MR) is 106 cm³/mol. The Morgan fingerprint density at radius 2 is 1.81 bits per heavy atom. The molecule has 3 aliphatic heterocycles. The van der Waals surface area contributed by atoms with Crippen molar-refractivity contribution in [1.82, 2.24) is 15.1 Å². The Morgan fingerprint density at radius 1 is 1.08 bits per heavy atom. The molecule has 3 heterocycles. The number of para-hydroxylation sites is 1. The van der Waals surface area contributed by atoms with Crippen molar-refractivity contribution in [2.45, 2.75) is 37.5 Å². The van der Waals surface area contributed by atoms with Crippen LogP contribution in [0, 0.1) is 0 Å². The van der Waals surface area contributed by atoms with E-state index in [1.54, 1.807) is 0 Å². The summed E-state index contributed by atoms with van der Waals surface area (Å²) in [5.74, 6) is 3.45. The first-order valence-corrected chi connectivity index (χ1v) is 11.0. The molecular formula is C20H29N3O2S. The SMILES string of the molecule is O=C([C@@H]1C[C@H](N2CCC(Oc3ccccc3)CC2)CN1)N1CCSCC1. The maximum atomic E-state index is 12.7. The van der Waals surface area contributed by atoms with Crippen molar-refractivity contribution in [3.8, 4) is 5.75 Å². The van der Waals surface area contributed by atoms with Crippen LogP contribution in [0.15, 0.2) is 30.3 Å². The van der Waals surface area contributed by atoms with Crippen molar-refractivity contribution in [3.05, 3.63) is 30.3 Å². The van der Waals surface area contributed by atoms with Crippen LogP contribution < -0.4 is 10.1 Å². The van der Waals surface area contributed by atoms with E-state index in [1.807, 2.05) is 42.1 Å². The van der Waals surface area contributed by atoms with Crippen LogP contribution in [0.1, 0.15) is 19.3 Å². The summed E-state index contributed by atoms with van der Waals surface area (Å²) in [6, 6.07) is 10.6. The molecule has 1 N–H and O–H groups in total. The van der Waals surface area contributed by atoms with Gasteiger partial charge in [0.15, 0.2) is 0 Å². The zero-order chi connectivity index (χ0) is 17.8. The first-order valence-electron chi connectivity index (χ1n) is 9.85. The quantitative estimate of drug-likeness (QED) is 0.870. The van der Waals surface area contributed by atoms with Crippen molar-refractivity contribution in [2.75, 3.05) is 44.2 Å². The van der Waals surface area contributed by atoms with Crippen molar-refractivity contribution >= 4 is 17.7 Å². The second-order valence-electron chi connectivity index (χ2n) is 7.45. The summed E-state index contributed by atoms with van der Waals surface area (Å²) in [7, 11) is 0. The molecule has 1 aromatic rings. The molecule has 5 nitrogen and oxygen atoms in total. The lowest BCUT2D eigenvalue weighted by Gasteiger charge is -2.36. The van der Waals surface area contributed by atoms with E-state index in [2.05, 4.69) is 15.1 Å². The van der Waals surface area contributed by atoms with Crippen LogP contribution in [0.25, 0.3) is 0 Å². The monoisotopic (exact) mass is 375 g/mol. The molecule has 0 spiro atoms. The van der Waals surface area contributed by atoms with Crippen LogP contribution in [0.2, 0.25) is 0 Å². The van der Waals surface area contributed by atoms with Crippen LogP contribution in [-0.2, 0) is 4.79 Å². The number of ether oxygens (including phenoxy) is 1. The van der Waals surface area contributed by atoms with Gasteiger partial charge in [-0.25, -0.2) is 0 Å². The minimum Gasteiger partial charge on any atom is -0.490 e. The lowest BCUT2D eigenvalue weighted by Crippen LogP contribution is -2.47. The molecule has 2 atom stereocenters. The molecule has 1 amide bonds. The van der Waals surface area contributed by atoms with E-state index in [1.165, 1.54) is 0 Å². The summed E-state index contributed by atoms with van der Waals surface area (Å²) in [5, 5.41) is 3.48. The minimum absolute atomic E-state index is 0.0152. The molecule has 142 valence electrons. The molecule has 3 aliphatic rings. The van der Waals surface area contributed by atoms with Gasteiger partial charge in [-0.2, -0.15) is 11.8 Å². The zero-order valence-corrected chi connectivity index (χ0v) is 16.1. The molecule has 6 heteroatoms. The van der Waals surface area contributed by atoms with Crippen LogP contribution in [0.5, 0.6) is 5.75 Å². The smallest absolute Gasteiger partial charge is 0.239 e. The average Bonchev–Trinajstić information content (AvgIpc) is 3.20. The van der Waals surface area contributed by atoms with Crippen molar-refractivity contribution in [3.63, 3.8) is 0 Å². The Morgan fingerprint density at radius 3 is 2.54 bits per heavy atom. The highest BCUT2D eigenvalue weighted by atomic mass is 32.2. The third-order valence-electron chi connectivity index (χ3n) is 5.77. The van der Waals surface area contributed by atoms with E-state index >= 15 is 0 Å². The van der Waals surface area contributed by atoms with Gasteiger partial charge in [-0.05, 0) is 31.4 Å². The lowest BCUT2D eigenvalue weighted by atomic mass is 10.0. The predicted octanol–water partition coefficient (Wildman–Crippen LogP) is 1.84. The molecule has 0 bridgehead atoms. The van der Waals surface area contributed by atoms with Crippen molar-refractivity contribution in [2.24, 2.45) is 0 Å². The highest BCUT2D eigenvalue weighted by Gasteiger charge is 2.36. The van der Waals surface area contributed by atoms with Gasteiger partial charge < -0.3 is 15.0 Å². The molecule has 0 aromatic heterocycles. The van der Waals surface area contributed by atoms with Crippen molar-refractivity contribution < 1.29 is 9.53 Å². The molecule has 0 radical (unpaired) electrons. The standard InChI is InChI=1S/C20H29N3O2S/c24-20(23-10-12-26-13-11-23)19-14-16(15-21-19)22-8-6-18(7-9-22)25-17-4-2-1-3-5-17/h1-5,16,18-19,21H,6-15H2/t16-,19-/m0/s1. The Kier molecular flexibility index (Phi) is 6.02. The van der Waals surface area contributed by atoms with Crippen LogP contribution in [0.3, 0.4) is 0 Å². The lowest BCUT2D eigenvalue weighted by molar-refractivity contribution is -0.132. The molecule has 0 unspecified atom stereocenters. The Hall–Kier alpha value is -1.24. The van der Waals surface area contributed by atoms with Gasteiger partial charge in [0, 0.05) is 50.3 Å². The number of benzene rings is 1. The van der Waals surface area contributed by atoms with E-state index in [9.17, 15) is 4.79 Å². The highest BCUT2D eigenvalue weighted by molar-refractivity contribution is 7.99. The number of likely N-dealkylation sites (tertiary alicyclic amines) is 1. The number of carbonyl (C=O) groups excluding carboxylic acids is 1. The summed E-state index contributed by atoms with van der Waals surface area (Å²) in [6.07, 6.45) is 3.39. The number of piperidine rings is 1. The molecule has 1 aromatic carbocycles. The number of amides is 1. The van der Waals surface area contributed by atoms with Gasteiger partial charge in [0.2, 0.25) is 5.91 Å². The second-order valence-corrected chi connectivity index (χ2v) is 8.68. The molecule has 3 fully saturated rings. The summed E-state index contributed by atoms with van der Waals surface area (Å²) in [5.41, 5.74) is 0. The largest absolute Gasteiger partial charge is 0.490 e. The van der Waals surface area contributed by atoms with Gasteiger partial charge in [0.1, 0.15) is 11.9 Å². The Bertz CT molecular complexity index is 586. The molecule has 4 rings (SSSR count). The van der Waals surface area contributed by atoms with Gasteiger partial charge in [0.25, 0.3) is 0 Å². The normalized spacial score (nSPS) is 28.2. The fourth-order valence-corrected chi connectivity index (χ4v) is 5.14. The number of rotatable bonds is 4. The maximum absolute atomic E-state index is 12.7. The first kappa shape index (κ1) is 18.1. The van der Waals surface area contributed by atoms with Crippen molar-refractivity contribution in [1.29, 1.82) is 0 Å². The van der Waals surface area contributed by atoms with Crippen LogP contribution in [-0.4, -0.2) is 78.1 Å². The third kappa shape index (κ3) is 4.35. The van der Waals surface area contributed by atoms with Crippen LogP contribution >= 0.6 is 11.8 Å². The molecule has 3 saturated heterocycles. The van der Waals surface area contributed by atoms with E-state index in [0.29, 0.717) is 18.1 Å². The van der Waals surface area contributed by atoms with Gasteiger partial charge in [0.05, 0.1) is 6.04 Å². The van der Waals surface area contributed by atoms with E-state index < -0.39 is 0 Å². The second kappa shape index (κ2) is 8.63. The van der Waals surface area contributed by atoms with Gasteiger partial charge in [-0.3, -0.25) is 9.69 Å². The third-order valence-corrected chi connectivity index (χ3v) is 6.71. The topological polar surface area (TPSA) is 44.8 Å². The minimum atomic E-state index is 0.0152. The number of nitrogens with zero attached hydrogens (tertiary/aromatic N) is 2. The van der Waals surface area contributed by atoms with E-state index in [-0.39, 0.29) is 6.04 Å². The van der Waals surface area contributed by atoms with E-state index in [0.717, 1.165) is 69.2 Å². The Balaban J connectivity index is 1.23. The van der Waals surface area contributed by atoms with Gasteiger partial charge >= 0.3 is 0 Å². The zero-order valence-electron chi connectivity index (χ0n) is 15.3. The average molecular weight is 376 g/mol. The number of carbonyl (C=O) groups is 1. The summed E-state index contributed by atoms with van der Waals surface area (Å²) < 4.78 is 6.10.